The Morgan fingerprint density at radius 2 is 2.35 bits per heavy atom. The van der Waals surface area contributed by atoms with Gasteiger partial charge in [-0.3, -0.25) is 0 Å². The van der Waals surface area contributed by atoms with Gasteiger partial charge in [-0.05, 0) is 35.8 Å². The van der Waals surface area contributed by atoms with Gasteiger partial charge >= 0.3 is 0 Å². The summed E-state index contributed by atoms with van der Waals surface area (Å²) < 4.78 is 6.14. The monoisotopic (exact) mass is 313 g/mol. The van der Waals surface area contributed by atoms with Crippen LogP contribution in [0.4, 0.5) is 5.95 Å². The van der Waals surface area contributed by atoms with Crippen LogP contribution in [-0.4, -0.2) is 16.5 Å². The van der Waals surface area contributed by atoms with E-state index in [0.717, 1.165) is 26.7 Å². The summed E-state index contributed by atoms with van der Waals surface area (Å²) in [5, 5.41) is 3.96. The van der Waals surface area contributed by atoms with Gasteiger partial charge in [-0.25, -0.2) is 9.97 Å². The molecule has 0 bridgehead atoms. The van der Waals surface area contributed by atoms with Crippen molar-refractivity contribution in [2.75, 3.05) is 11.9 Å². The number of aryl methyl sites for hydroxylation is 1. The first-order chi connectivity index (χ1) is 8.20. The normalized spacial score (nSPS) is 10.5. The first-order valence-electron chi connectivity index (χ1n) is 5.19. The van der Waals surface area contributed by atoms with Crippen LogP contribution in [0.3, 0.4) is 0 Å². The number of hydrogen-bond donors (Lipinski definition) is 1. The third-order valence-corrected chi connectivity index (χ3v) is 4.06. The fourth-order valence-corrected chi connectivity index (χ4v) is 2.49. The molecule has 0 saturated carbocycles. The number of nitrogens with one attached hydrogen (secondary N) is 1. The highest BCUT2D eigenvalue weighted by Crippen LogP contribution is 2.34. The van der Waals surface area contributed by atoms with Crippen molar-refractivity contribution in [3.05, 3.63) is 28.8 Å². The molecular weight excluding hydrogens is 302 g/mol. The Labute approximate surface area is 112 Å². The summed E-state index contributed by atoms with van der Waals surface area (Å²) in [5.41, 5.74) is 0. The van der Waals surface area contributed by atoms with Crippen molar-refractivity contribution in [1.29, 1.82) is 0 Å². The maximum absolute atomic E-state index is 5.26. The molecule has 2 rings (SSSR count). The maximum Gasteiger partial charge on any atom is 0.223 e. The molecule has 0 spiro atoms. The van der Waals surface area contributed by atoms with Gasteiger partial charge in [0, 0.05) is 12.7 Å². The molecule has 0 saturated heterocycles. The summed E-state index contributed by atoms with van der Waals surface area (Å²) >= 11 is 5.00. The quantitative estimate of drug-likeness (QED) is 0.872. The van der Waals surface area contributed by atoms with E-state index in [9.17, 15) is 0 Å². The van der Waals surface area contributed by atoms with Crippen molar-refractivity contribution in [3.63, 3.8) is 0 Å². The first kappa shape index (κ1) is 12.4. The molecule has 2 heterocycles. The fraction of sp³-hybridized carbons (Fsp3) is 0.273. The van der Waals surface area contributed by atoms with E-state index in [-0.39, 0.29) is 0 Å². The second kappa shape index (κ2) is 5.55. The van der Waals surface area contributed by atoms with E-state index in [1.807, 2.05) is 19.9 Å². The molecule has 0 radical (unpaired) electrons. The van der Waals surface area contributed by atoms with Crippen molar-refractivity contribution < 1.29 is 4.42 Å². The summed E-state index contributed by atoms with van der Waals surface area (Å²) in [4.78, 5) is 9.67. The molecule has 0 aromatic carbocycles. The Hall–Kier alpha value is -1.01. The average Bonchev–Trinajstić information content (AvgIpc) is 2.70. The smallest absolute Gasteiger partial charge is 0.223 e. The third kappa shape index (κ3) is 3.01. The lowest BCUT2D eigenvalue weighted by atomic mass is 10.5. The first-order valence-corrected chi connectivity index (χ1v) is 6.80. The molecule has 0 aliphatic rings. The van der Waals surface area contributed by atoms with E-state index >= 15 is 0 Å². The van der Waals surface area contributed by atoms with E-state index in [0.29, 0.717) is 5.95 Å². The van der Waals surface area contributed by atoms with Crippen LogP contribution < -0.4 is 5.32 Å². The highest BCUT2D eigenvalue weighted by molar-refractivity contribution is 9.10. The second-order valence-corrected chi connectivity index (χ2v) is 5.21. The average molecular weight is 314 g/mol. The summed E-state index contributed by atoms with van der Waals surface area (Å²) in [6, 6.07) is 1.93. The van der Waals surface area contributed by atoms with Crippen LogP contribution in [-0.2, 0) is 0 Å². The number of furan rings is 1. The van der Waals surface area contributed by atoms with Gasteiger partial charge in [0.2, 0.25) is 5.95 Å². The van der Waals surface area contributed by atoms with Crippen LogP contribution in [0.5, 0.6) is 0 Å². The topological polar surface area (TPSA) is 51.0 Å². The summed E-state index contributed by atoms with van der Waals surface area (Å²) in [6.07, 6.45) is 3.43. The highest BCUT2D eigenvalue weighted by Gasteiger charge is 2.09. The van der Waals surface area contributed by atoms with Crippen molar-refractivity contribution in [3.8, 4) is 0 Å². The molecule has 0 amide bonds. The molecule has 0 atom stereocenters. The molecule has 2 aromatic rings. The lowest BCUT2D eigenvalue weighted by molar-refractivity contribution is 0.527. The van der Waals surface area contributed by atoms with Gasteiger partial charge in [0.25, 0.3) is 0 Å². The fourth-order valence-electron chi connectivity index (χ4n) is 1.25. The van der Waals surface area contributed by atoms with E-state index in [1.54, 1.807) is 24.2 Å². The van der Waals surface area contributed by atoms with Crippen LogP contribution in [0.1, 0.15) is 12.7 Å². The minimum Gasteiger partial charge on any atom is -0.468 e. The number of anilines is 1. The van der Waals surface area contributed by atoms with E-state index < -0.39 is 0 Å². The molecule has 0 aliphatic heterocycles. The van der Waals surface area contributed by atoms with Crippen molar-refractivity contribution >= 4 is 33.6 Å². The predicted molar refractivity (Wildman–Crippen MR) is 71.5 cm³/mol. The molecule has 2 aromatic heterocycles. The minimum atomic E-state index is 0.638. The number of halogens is 1. The van der Waals surface area contributed by atoms with Crippen LogP contribution in [0.25, 0.3) is 0 Å². The van der Waals surface area contributed by atoms with E-state index in [1.165, 1.54) is 0 Å². The molecule has 17 heavy (non-hydrogen) atoms. The van der Waals surface area contributed by atoms with Gasteiger partial charge in [0.1, 0.15) is 10.8 Å². The van der Waals surface area contributed by atoms with Crippen LogP contribution in [0, 0.1) is 6.92 Å². The van der Waals surface area contributed by atoms with Crippen molar-refractivity contribution in [2.24, 2.45) is 0 Å². The second-order valence-electron chi connectivity index (χ2n) is 3.32. The van der Waals surface area contributed by atoms with E-state index in [2.05, 4.69) is 31.2 Å². The van der Waals surface area contributed by atoms with Gasteiger partial charge in [-0.1, -0.05) is 11.8 Å². The Balaban J connectivity index is 2.25. The zero-order valence-corrected chi connectivity index (χ0v) is 11.9. The Kier molecular flexibility index (Phi) is 4.06. The Bertz CT molecular complexity index is 515. The van der Waals surface area contributed by atoms with Crippen LogP contribution >= 0.6 is 27.7 Å². The molecule has 6 heteroatoms. The van der Waals surface area contributed by atoms with Gasteiger partial charge < -0.3 is 9.73 Å². The van der Waals surface area contributed by atoms with E-state index in [4.69, 9.17) is 4.42 Å². The summed E-state index contributed by atoms with van der Waals surface area (Å²) in [5.74, 6) is 1.53. The van der Waals surface area contributed by atoms with Gasteiger partial charge in [-0.15, -0.1) is 0 Å². The van der Waals surface area contributed by atoms with Gasteiger partial charge in [0.05, 0.1) is 15.6 Å². The SMILES string of the molecule is CCNc1ncc(Br)c(Sc2ccoc2C)n1. The molecule has 0 aliphatic carbocycles. The van der Waals surface area contributed by atoms with Crippen molar-refractivity contribution in [1.82, 2.24) is 9.97 Å². The largest absolute Gasteiger partial charge is 0.468 e. The standard InChI is InChI=1S/C11H12BrN3OS/c1-3-13-11-14-6-8(12)10(15-11)17-9-4-5-16-7(9)2/h4-6H,3H2,1-2H3,(H,13,14,15). The predicted octanol–water partition coefficient (Wildman–Crippen LogP) is 3.72. The number of rotatable bonds is 4. The van der Waals surface area contributed by atoms with Crippen molar-refractivity contribution in [2.45, 2.75) is 23.8 Å². The number of aromatic nitrogens is 2. The van der Waals surface area contributed by atoms with Crippen LogP contribution in [0.2, 0.25) is 0 Å². The number of nitrogens with zero attached hydrogens (tertiary/aromatic N) is 2. The lowest BCUT2D eigenvalue weighted by Crippen LogP contribution is -2.02. The molecule has 0 unspecified atom stereocenters. The molecule has 0 fully saturated rings. The number of hydrogen-bond acceptors (Lipinski definition) is 5. The Morgan fingerprint density at radius 3 is 3.00 bits per heavy atom. The molecular formula is C11H12BrN3OS. The molecule has 90 valence electrons. The molecule has 4 nitrogen and oxygen atoms in total. The third-order valence-electron chi connectivity index (χ3n) is 2.06. The molecule has 1 N–H and O–H groups in total. The van der Waals surface area contributed by atoms with Crippen LogP contribution in [0.15, 0.2) is 37.3 Å². The zero-order chi connectivity index (χ0) is 12.3. The van der Waals surface area contributed by atoms with Gasteiger partial charge in [0.15, 0.2) is 0 Å². The summed E-state index contributed by atoms with van der Waals surface area (Å²) in [6.45, 7) is 4.75. The highest BCUT2D eigenvalue weighted by atomic mass is 79.9. The Morgan fingerprint density at radius 1 is 1.53 bits per heavy atom. The lowest BCUT2D eigenvalue weighted by Gasteiger charge is -2.05. The van der Waals surface area contributed by atoms with Gasteiger partial charge in [-0.2, -0.15) is 0 Å². The summed E-state index contributed by atoms with van der Waals surface area (Å²) in [7, 11) is 0. The zero-order valence-electron chi connectivity index (χ0n) is 9.53. The minimum absolute atomic E-state index is 0.638. The maximum atomic E-state index is 5.26.